The third-order valence-electron chi connectivity index (χ3n) is 8.17. The SMILES string of the molecule is OC1C(NCc2ccc(-c3ccccc3)cc2)C2COC(O2)C1N1CCC(Cc2ccccc2)CC1. The lowest BCUT2D eigenvalue weighted by atomic mass is 9.87. The fraction of sp³-hybridized carbons (Fsp3) is 0.419. The number of nitrogens with one attached hydrogen (secondary N) is 1. The molecule has 0 radical (unpaired) electrons. The standard InChI is InChI=1S/C31H36N2O3/c34-30-28(32-20-24-11-13-26(14-12-24)25-9-5-2-6-10-25)27-21-35-31(36-27)29(30)33-17-15-23(16-18-33)19-22-7-3-1-4-8-22/h1-14,23,27-32,34H,15-21H2. The normalized spacial score (nSPS) is 28.9. The van der Waals surface area contributed by atoms with E-state index in [2.05, 4.69) is 89.1 Å². The van der Waals surface area contributed by atoms with Gasteiger partial charge in [-0.05, 0) is 60.5 Å². The molecule has 3 aromatic carbocycles. The molecule has 3 fully saturated rings. The molecule has 6 rings (SSSR count). The minimum absolute atomic E-state index is 0.111. The summed E-state index contributed by atoms with van der Waals surface area (Å²) < 4.78 is 12.3. The molecule has 2 N–H and O–H groups in total. The van der Waals surface area contributed by atoms with Crippen LogP contribution in [-0.4, -0.2) is 60.3 Å². The smallest absolute Gasteiger partial charge is 0.176 e. The molecule has 3 aromatic rings. The molecule has 5 nitrogen and oxygen atoms in total. The Morgan fingerprint density at radius 1 is 0.806 bits per heavy atom. The van der Waals surface area contributed by atoms with E-state index in [1.165, 1.54) is 22.3 Å². The van der Waals surface area contributed by atoms with Crippen molar-refractivity contribution in [2.24, 2.45) is 5.92 Å². The lowest BCUT2D eigenvalue weighted by Gasteiger charge is -2.46. The summed E-state index contributed by atoms with van der Waals surface area (Å²) in [4.78, 5) is 2.40. The largest absolute Gasteiger partial charge is 0.390 e. The molecule has 0 aliphatic carbocycles. The van der Waals surface area contributed by atoms with Gasteiger partial charge in [0.15, 0.2) is 6.29 Å². The van der Waals surface area contributed by atoms with Crippen molar-refractivity contribution in [2.75, 3.05) is 19.7 Å². The molecule has 2 bridgehead atoms. The highest BCUT2D eigenvalue weighted by atomic mass is 16.7. The first kappa shape index (κ1) is 23.8. The molecule has 0 aromatic heterocycles. The van der Waals surface area contributed by atoms with Crippen molar-refractivity contribution < 1.29 is 14.6 Å². The van der Waals surface area contributed by atoms with Gasteiger partial charge in [0.05, 0.1) is 24.8 Å². The maximum Gasteiger partial charge on any atom is 0.176 e. The Hall–Kier alpha value is -2.54. The van der Waals surface area contributed by atoms with E-state index in [-0.39, 0.29) is 24.5 Å². The van der Waals surface area contributed by atoms with Gasteiger partial charge in [-0.1, -0.05) is 84.9 Å². The number of fused-ring (bicyclic) bond motifs is 2. The van der Waals surface area contributed by atoms with Gasteiger partial charge in [0, 0.05) is 6.54 Å². The Morgan fingerprint density at radius 3 is 2.19 bits per heavy atom. The average molecular weight is 485 g/mol. The predicted molar refractivity (Wildman–Crippen MR) is 141 cm³/mol. The third kappa shape index (κ3) is 5.13. The van der Waals surface area contributed by atoms with Crippen LogP contribution in [0.15, 0.2) is 84.9 Å². The topological polar surface area (TPSA) is 54.0 Å². The Balaban J connectivity index is 1.06. The van der Waals surface area contributed by atoms with E-state index in [0.29, 0.717) is 19.1 Å². The number of benzene rings is 3. The van der Waals surface area contributed by atoms with Crippen LogP contribution in [0.25, 0.3) is 11.1 Å². The first-order valence-corrected chi connectivity index (χ1v) is 13.4. The fourth-order valence-corrected chi connectivity index (χ4v) is 6.13. The number of rotatable bonds is 7. The van der Waals surface area contributed by atoms with Crippen molar-refractivity contribution in [2.45, 2.75) is 56.4 Å². The molecule has 188 valence electrons. The molecule has 36 heavy (non-hydrogen) atoms. The molecular formula is C31H36N2O3. The lowest BCUT2D eigenvalue weighted by Crippen LogP contribution is -2.65. The van der Waals surface area contributed by atoms with Crippen LogP contribution in [0.4, 0.5) is 0 Å². The second-order valence-electron chi connectivity index (χ2n) is 10.5. The van der Waals surface area contributed by atoms with Crippen LogP contribution < -0.4 is 5.32 Å². The van der Waals surface area contributed by atoms with E-state index in [4.69, 9.17) is 9.47 Å². The highest BCUT2D eigenvalue weighted by Crippen LogP contribution is 2.34. The summed E-state index contributed by atoms with van der Waals surface area (Å²) >= 11 is 0. The van der Waals surface area contributed by atoms with Gasteiger partial charge in [0.1, 0.15) is 6.10 Å². The zero-order chi connectivity index (χ0) is 24.3. The van der Waals surface area contributed by atoms with Crippen LogP contribution >= 0.6 is 0 Å². The summed E-state index contributed by atoms with van der Waals surface area (Å²) in [7, 11) is 0. The number of hydrogen-bond acceptors (Lipinski definition) is 5. The molecule has 0 amide bonds. The molecule has 0 saturated carbocycles. The van der Waals surface area contributed by atoms with Crippen molar-refractivity contribution in [3.63, 3.8) is 0 Å². The summed E-state index contributed by atoms with van der Waals surface area (Å²) in [5.74, 6) is 0.690. The monoisotopic (exact) mass is 484 g/mol. The summed E-state index contributed by atoms with van der Waals surface area (Å²) in [6.07, 6.45) is 2.44. The van der Waals surface area contributed by atoms with E-state index in [1.54, 1.807) is 0 Å². The Labute approximate surface area is 214 Å². The minimum atomic E-state index is -0.523. The molecule has 0 spiro atoms. The summed E-state index contributed by atoms with van der Waals surface area (Å²) in [6, 6.07) is 29.6. The molecule has 3 saturated heterocycles. The quantitative estimate of drug-likeness (QED) is 0.525. The molecular weight excluding hydrogens is 448 g/mol. The van der Waals surface area contributed by atoms with Gasteiger partial charge in [-0.15, -0.1) is 0 Å². The minimum Gasteiger partial charge on any atom is -0.390 e. The zero-order valence-electron chi connectivity index (χ0n) is 20.7. The van der Waals surface area contributed by atoms with Gasteiger partial charge >= 0.3 is 0 Å². The van der Waals surface area contributed by atoms with Crippen LogP contribution in [0.3, 0.4) is 0 Å². The van der Waals surface area contributed by atoms with E-state index >= 15 is 0 Å². The number of hydrogen-bond donors (Lipinski definition) is 2. The van der Waals surface area contributed by atoms with Gasteiger partial charge in [0.2, 0.25) is 0 Å². The molecule has 5 unspecified atom stereocenters. The molecule has 3 heterocycles. The zero-order valence-corrected chi connectivity index (χ0v) is 20.7. The first-order valence-electron chi connectivity index (χ1n) is 13.4. The number of piperidine rings is 1. The van der Waals surface area contributed by atoms with Crippen LogP contribution in [-0.2, 0) is 22.4 Å². The van der Waals surface area contributed by atoms with Gasteiger partial charge in [-0.2, -0.15) is 0 Å². The summed E-state index contributed by atoms with van der Waals surface area (Å²) in [5, 5.41) is 15.1. The second-order valence-corrected chi connectivity index (χ2v) is 10.5. The van der Waals surface area contributed by atoms with Crippen LogP contribution in [0.2, 0.25) is 0 Å². The van der Waals surface area contributed by atoms with Crippen molar-refractivity contribution in [1.29, 1.82) is 0 Å². The average Bonchev–Trinajstić information content (AvgIpc) is 3.36. The number of aliphatic hydroxyl groups excluding tert-OH is 1. The van der Waals surface area contributed by atoms with Crippen molar-refractivity contribution in [3.8, 4) is 11.1 Å². The number of nitrogens with zero attached hydrogens (tertiary/aromatic N) is 1. The maximum absolute atomic E-state index is 11.5. The second kappa shape index (κ2) is 10.8. The summed E-state index contributed by atoms with van der Waals surface area (Å²) in [6.45, 7) is 3.17. The predicted octanol–water partition coefficient (Wildman–Crippen LogP) is 4.25. The summed E-state index contributed by atoms with van der Waals surface area (Å²) in [5.41, 5.74) is 5.04. The number of likely N-dealkylation sites (tertiary alicyclic amines) is 1. The number of ether oxygens (including phenoxy) is 2. The van der Waals surface area contributed by atoms with E-state index in [1.807, 2.05) is 6.07 Å². The Morgan fingerprint density at radius 2 is 1.47 bits per heavy atom. The van der Waals surface area contributed by atoms with Gasteiger partial charge < -0.3 is 19.9 Å². The highest BCUT2D eigenvalue weighted by molar-refractivity contribution is 5.63. The van der Waals surface area contributed by atoms with Crippen LogP contribution in [0.5, 0.6) is 0 Å². The highest BCUT2D eigenvalue weighted by Gasteiger charge is 2.52. The van der Waals surface area contributed by atoms with Crippen molar-refractivity contribution >= 4 is 0 Å². The van der Waals surface area contributed by atoms with E-state index < -0.39 is 6.10 Å². The van der Waals surface area contributed by atoms with Gasteiger partial charge in [0.25, 0.3) is 0 Å². The maximum atomic E-state index is 11.5. The molecule has 5 heteroatoms. The Kier molecular flexibility index (Phi) is 7.17. The van der Waals surface area contributed by atoms with Gasteiger partial charge in [-0.3, -0.25) is 4.90 Å². The third-order valence-corrected chi connectivity index (χ3v) is 8.17. The fourth-order valence-electron chi connectivity index (χ4n) is 6.13. The van der Waals surface area contributed by atoms with Gasteiger partial charge in [-0.25, -0.2) is 0 Å². The van der Waals surface area contributed by atoms with E-state index in [9.17, 15) is 5.11 Å². The first-order chi connectivity index (χ1) is 17.7. The molecule has 3 aliphatic heterocycles. The van der Waals surface area contributed by atoms with Crippen LogP contribution in [0, 0.1) is 5.92 Å². The van der Waals surface area contributed by atoms with E-state index in [0.717, 1.165) is 32.4 Å². The van der Waals surface area contributed by atoms with Crippen molar-refractivity contribution in [3.05, 3.63) is 96.1 Å². The molecule has 5 atom stereocenters. The Bertz CT molecular complexity index is 1100. The van der Waals surface area contributed by atoms with Crippen LogP contribution in [0.1, 0.15) is 24.0 Å². The number of aliphatic hydroxyl groups is 1. The molecule has 3 aliphatic rings. The van der Waals surface area contributed by atoms with Crippen molar-refractivity contribution in [1.82, 2.24) is 10.2 Å². The lowest BCUT2D eigenvalue weighted by molar-refractivity contribution is -0.186.